The third kappa shape index (κ3) is 29.4. The molecule has 0 aromatic rings. The molecule has 0 aromatic heterocycles. The van der Waals surface area contributed by atoms with E-state index in [1.165, 1.54) is 0 Å². The van der Waals surface area contributed by atoms with E-state index >= 15 is 0 Å². The molecular weight excluding hydrogens is 71.0 g/mol. The minimum Gasteiger partial charge on any atom is -0.444 e. The largest absolute Gasteiger partial charge is 1.00 e. The summed E-state index contributed by atoms with van der Waals surface area (Å²) in [6.07, 6.45) is 0. The van der Waals surface area contributed by atoms with Crippen molar-refractivity contribution < 1.29 is 29.6 Å². The van der Waals surface area contributed by atoms with Gasteiger partial charge < -0.3 is 10.1 Å². The van der Waals surface area contributed by atoms with Gasteiger partial charge in [-0.05, 0) is 0 Å². The van der Waals surface area contributed by atoms with E-state index in [4.69, 9.17) is 10.1 Å². The molecular formula is NNaO2. The molecule has 18 valence electrons. The van der Waals surface area contributed by atoms with Crippen LogP contribution in [-0.2, 0) is 0 Å². The van der Waals surface area contributed by atoms with Gasteiger partial charge in [-0.2, -0.15) is 0 Å². The van der Waals surface area contributed by atoms with Gasteiger partial charge >= 0.3 is 29.6 Å². The molecule has 3 nitrogen and oxygen atoms in total. The van der Waals surface area contributed by atoms with Crippen LogP contribution in [0.2, 0.25) is 0 Å². The van der Waals surface area contributed by atoms with Gasteiger partial charge in [0.15, 0.2) is 0 Å². The zero-order valence-corrected chi connectivity index (χ0v) is 4.26. The quantitative estimate of drug-likeness (QED) is 0.134. The van der Waals surface area contributed by atoms with Crippen molar-refractivity contribution >= 4 is 0 Å². The van der Waals surface area contributed by atoms with E-state index in [1.54, 1.807) is 0 Å². The first-order chi connectivity index (χ1) is 1.41. The minimum absolute atomic E-state index is 0. The zero-order chi connectivity index (χ0) is 2.71. The molecule has 0 unspecified atom stereocenters. The molecule has 0 aliphatic heterocycles. The Morgan fingerprint density at radius 2 is 1.75 bits per heavy atom. The molecule has 0 bridgehead atoms. The van der Waals surface area contributed by atoms with Gasteiger partial charge in [-0.1, -0.05) is 0 Å². The number of hydrogen-bond donors (Lipinski definition) is 0. The molecule has 0 aliphatic carbocycles. The van der Waals surface area contributed by atoms with E-state index in [1.807, 2.05) is 0 Å². The molecule has 0 heterocycles. The summed E-state index contributed by atoms with van der Waals surface area (Å²) in [7, 11) is 0. The summed E-state index contributed by atoms with van der Waals surface area (Å²) in [4.78, 5) is 8.00. The van der Waals surface area contributed by atoms with Gasteiger partial charge in [0.1, 0.15) is 0 Å². The van der Waals surface area contributed by atoms with Crippen LogP contribution < -0.4 is 29.6 Å². The van der Waals surface area contributed by atoms with E-state index in [0.29, 0.717) is 0 Å². The molecule has 4 heavy (non-hydrogen) atoms. The monoisotopic (exact) mass is 71.0 g/mol. The molecule has 0 amide bonds. The van der Waals surface area contributed by atoms with Crippen LogP contribution in [-0.4, -0.2) is 0 Å². The van der Waals surface area contributed by atoms with Crippen LogP contribution in [0.5, 0.6) is 0 Å². The van der Waals surface area contributed by atoms with Crippen LogP contribution in [0.4, 0.5) is 0 Å². The summed E-state index contributed by atoms with van der Waals surface area (Å²) < 4.78 is 0. The van der Waals surface area contributed by atoms with Crippen molar-refractivity contribution in [2.24, 2.45) is 5.34 Å². The molecule has 0 aliphatic rings. The zero-order valence-electron chi connectivity index (χ0n) is 2.26. The predicted molar refractivity (Wildman–Crippen MR) is 9.16 cm³/mol. The molecule has 4 heteroatoms. The summed E-state index contributed by atoms with van der Waals surface area (Å²) in [5.41, 5.74) is 0. The number of hydrogen-bond acceptors (Lipinski definition) is 3. The van der Waals surface area contributed by atoms with Gasteiger partial charge in [0, 0.05) is 0 Å². The van der Waals surface area contributed by atoms with Crippen molar-refractivity contribution in [3.05, 3.63) is 10.1 Å². The third-order valence-electron chi connectivity index (χ3n) is 0. The van der Waals surface area contributed by atoms with Crippen LogP contribution in [0.1, 0.15) is 0 Å². The summed E-state index contributed by atoms with van der Waals surface area (Å²) in [5.74, 6) is 0. The maximum absolute atomic E-state index is 8.00. The van der Waals surface area contributed by atoms with E-state index in [0.717, 1.165) is 5.34 Å². The Kier molecular flexibility index (Phi) is 22.1. The van der Waals surface area contributed by atoms with Crippen molar-refractivity contribution in [3.63, 3.8) is 0 Å². The van der Waals surface area contributed by atoms with E-state index in [9.17, 15) is 0 Å². The van der Waals surface area contributed by atoms with E-state index in [-0.39, 0.29) is 29.6 Å². The second kappa shape index (κ2) is 9.99. The second-order valence-electron chi connectivity index (χ2n) is 0.0745. The molecule has 0 atom stereocenters. The second-order valence-corrected chi connectivity index (χ2v) is 0.0745. The summed E-state index contributed by atoms with van der Waals surface area (Å²) >= 11 is 0. The topological polar surface area (TPSA) is 52.5 Å². The number of rotatable bonds is 0. The average Bonchev–Trinajstić information content (AvgIpc) is 0.918. The van der Waals surface area contributed by atoms with Gasteiger partial charge in [-0.15, -0.1) is 5.34 Å². The maximum atomic E-state index is 8.00. The fourth-order valence-corrected chi connectivity index (χ4v) is 0. The van der Waals surface area contributed by atoms with E-state index in [2.05, 4.69) is 0 Å². The van der Waals surface area contributed by atoms with Crippen LogP contribution >= 0.6 is 0 Å². The number of nitrogens with zero attached hydrogens (tertiary/aromatic N) is 1. The molecule has 0 saturated heterocycles. The van der Waals surface area contributed by atoms with Crippen molar-refractivity contribution in [3.8, 4) is 0 Å². The van der Waals surface area contributed by atoms with Crippen molar-refractivity contribution in [1.29, 1.82) is 0 Å². The van der Waals surface area contributed by atoms with Gasteiger partial charge in [-0.3, -0.25) is 0 Å². The molecule has 0 fully saturated rings. The van der Waals surface area contributed by atoms with Crippen molar-refractivity contribution in [1.82, 2.24) is 0 Å². The first-order valence-electron chi connectivity index (χ1n) is 0.365. The molecule has 0 saturated carbocycles. The van der Waals surface area contributed by atoms with Gasteiger partial charge in [0.25, 0.3) is 0 Å². The average molecular weight is 71.0 g/mol. The first kappa shape index (κ1) is 8.83. The fraction of sp³-hybridized carbons (Fsp3) is 0. The predicted octanol–water partition coefficient (Wildman–Crippen LogP) is -2.75. The van der Waals surface area contributed by atoms with Gasteiger partial charge in [-0.25, -0.2) is 0 Å². The SMILES string of the molecule is [Na+].[O-]N=[18O]. The first-order valence-corrected chi connectivity index (χ1v) is 0.365. The fourth-order valence-electron chi connectivity index (χ4n) is 0. The molecule has 0 rings (SSSR count). The molecule has 0 N–H and O–H groups in total. The summed E-state index contributed by atoms with van der Waals surface area (Å²) in [5, 5.41) is 9.00. The summed E-state index contributed by atoms with van der Waals surface area (Å²) in [6, 6.07) is 0. The Morgan fingerprint density at radius 3 is 1.75 bits per heavy atom. The van der Waals surface area contributed by atoms with Crippen LogP contribution in [0.3, 0.4) is 0 Å². The molecule has 0 radical (unpaired) electrons. The smallest absolute Gasteiger partial charge is 0.444 e. The van der Waals surface area contributed by atoms with Gasteiger partial charge in [0.2, 0.25) is 0 Å². The summed E-state index contributed by atoms with van der Waals surface area (Å²) in [6.45, 7) is 0. The van der Waals surface area contributed by atoms with Crippen LogP contribution in [0.25, 0.3) is 0 Å². The Bertz CT molecular complexity index is 13.5. The molecule has 0 spiro atoms. The van der Waals surface area contributed by atoms with Crippen molar-refractivity contribution in [2.45, 2.75) is 0 Å². The van der Waals surface area contributed by atoms with Gasteiger partial charge in [0.05, 0.1) is 0 Å². The van der Waals surface area contributed by atoms with Crippen LogP contribution in [0.15, 0.2) is 5.34 Å². The Hall–Kier alpha value is 0.400. The maximum Gasteiger partial charge on any atom is 1.00 e. The standard InChI is InChI=1S/HNO2.Na/c2-1-3;/h(H,2,3);/q;+1/p-1/i2+2;. The Balaban J connectivity index is 0. The van der Waals surface area contributed by atoms with Crippen LogP contribution in [0, 0.1) is 10.1 Å². The normalized spacial score (nSPS) is 3.00. The Morgan fingerprint density at radius 1 is 1.75 bits per heavy atom. The van der Waals surface area contributed by atoms with Crippen molar-refractivity contribution in [2.75, 3.05) is 0 Å². The third-order valence-corrected chi connectivity index (χ3v) is 0. The Labute approximate surface area is 45.2 Å². The molecule has 0 aromatic carbocycles. The van der Waals surface area contributed by atoms with E-state index < -0.39 is 0 Å². The minimum atomic E-state index is 0.